The number of hydrogen-bond acceptors (Lipinski definition) is 4. The molecule has 2 aliphatic rings. The van der Waals surface area contributed by atoms with Gasteiger partial charge in [0.25, 0.3) is 0 Å². The molecule has 0 N–H and O–H groups in total. The van der Waals surface area contributed by atoms with Crippen LogP contribution in [0.25, 0.3) is 26.8 Å². The minimum Gasteiger partial charge on any atom is -0.302 e. The largest absolute Gasteiger partial charge is 0.302 e. The molecule has 0 bridgehead atoms. The van der Waals surface area contributed by atoms with Crippen molar-refractivity contribution in [2.24, 2.45) is 0 Å². The van der Waals surface area contributed by atoms with Crippen molar-refractivity contribution in [2.75, 3.05) is 9.80 Å². The fraction of sp³-hybridized carbons (Fsp3) is 0.111. The van der Waals surface area contributed by atoms with Gasteiger partial charge in [0, 0.05) is 44.8 Å². The molecule has 0 radical (unpaired) electrons. The lowest BCUT2D eigenvalue weighted by Gasteiger charge is -2.31. The van der Waals surface area contributed by atoms with Crippen molar-refractivity contribution in [2.45, 2.75) is 40.0 Å². The summed E-state index contributed by atoms with van der Waals surface area (Å²) in [4.78, 5) is 7.40. The molecule has 58 heavy (non-hydrogen) atoms. The van der Waals surface area contributed by atoms with Crippen molar-refractivity contribution >= 4 is 71.8 Å². The van der Waals surface area contributed by atoms with Gasteiger partial charge in [-0.05, 0) is 145 Å². The Morgan fingerprint density at radius 3 is 1.47 bits per heavy atom. The van der Waals surface area contributed by atoms with Crippen molar-refractivity contribution < 1.29 is 0 Å². The molecule has 4 heteroatoms. The van der Waals surface area contributed by atoms with Gasteiger partial charge in [-0.25, -0.2) is 0 Å². The molecule has 10 rings (SSSR count). The Labute approximate surface area is 350 Å². The van der Waals surface area contributed by atoms with Gasteiger partial charge in [0.2, 0.25) is 0 Å². The summed E-state index contributed by atoms with van der Waals surface area (Å²) in [6.07, 6.45) is 10.1. The van der Waals surface area contributed by atoms with Crippen molar-refractivity contribution in [3.8, 4) is 10.4 Å². The van der Waals surface area contributed by atoms with Crippen molar-refractivity contribution in [1.29, 1.82) is 0 Å². The van der Waals surface area contributed by atoms with Crippen molar-refractivity contribution in [3.63, 3.8) is 0 Å². The number of nitrogens with zero attached hydrogens (tertiary/aromatic N) is 2. The second-order valence-electron chi connectivity index (χ2n) is 15.7. The van der Waals surface area contributed by atoms with Gasteiger partial charge >= 0.3 is 0 Å². The quantitative estimate of drug-likeness (QED) is 0.151. The average Bonchev–Trinajstić information content (AvgIpc) is 3.94. The van der Waals surface area contributed by atoms with Gasteiger partial charge in [0.05, 0.1) is 0 Å². The van der Waals surface area contributed by atoms with Crippen molar-refractivity contribution in [3.05, 3.63) is 220 Å². The van der Waals surface area contributed by atoms with Crippen LogP contribution in [0.5, 0.6) is 0 Å². The molecular weight excluding hydrogens is 741 g/mol. The van der Waals surface area contributed by atoms with Gasteiger partial charge in [0.15, 0.2) is 0 Å². The van der Waals surface area contributed by atoms with Crippen LogP contribution in [0.2, 0.25) is 0 Å². The summed E-state index contributed by atoms with van der Waals surface area (Å²) in [5.41, 5.74) is 16.7. The zero-order valence-electron chi connectivity index (χ0n) is 33.2. The SMILES string of the molecule is Cc1ccc(N(c2ccc(C)cc2)c2ccc(C3=C4C=CC=CC4c4cc(-c5ccc(N(c6ccc(C)cc6)c6ccc(C)cc6)s5)c5ccccc5c4C3)s2)cc1. The smallest absolute Gasteiger partial charge is 0.101 e. The molecule has 2 aliphatic carbocycles. The van der Waals surface area contributed by atoms with Gasteiger partial charge in [-0.1, -0.05) is 119 Å². The summed E-state index contributed by atoms with van der Waals surface area (Å²) < 4.78 is 0. The topological polar surface area (TPSA) is 6.48 Å². The molecule has 0 spiro atoms. The van der Waals surface area contributed by atoms with E-state index in [0.717, 1.165) is 17.8 Å². The normalized spacial score (nSPS) is 14.4. The summed E-state index contributed by atoms with van der Waals surface area (Å²) in [7, 11) is 0. The van der Waals surface area contributed by atoms with Gasteiger partial charge in [-0.3, -0.25) is 0 Å². The molecule has 1 atom stereocenters. The summed E-state index contributed by atoms with van der Waals surface area (Å²) in [5.74, 6) is 0.180. The first-order valence-corrected chi connectivity index (χ1v) is 21.7. The number of rotatable bonds is 8. The number of hydrogen-bond donors (Lipinski definition) is 0. The monoisotopic (exact) mass is 784 g/mol. The molecule has 6 aromatic carbocycles. The van der Waals surface area contributed by atoms with E-state index in [1.807, 2.05) is 22.7 Å². The molecule has 0 fully saturated rings. The molecule has 2 aromatic heterocycles. The Hall–Kier alpha value is -6.20. The minimum absolute atomic E-state index is 0.180. The van der Waals surface area contributed by atoms with E-state index in [1.54, 1.807) is 0 Å². The highest BCUT2D eigenvalue weighted by Gasteiger charge is 2.31. The predicted molar refractivity (Wildman–Crippen MR) is 252 cm³/mol. The molecule has 2 heterocycles. The first-order valence-electron chi connectivity index (χ1n) is 20.1. The highest BCUT2D eigenvalue weighted by Crippen LogP contribution is 2.51. The molecule has 0 saturated carbocycles. The van der Waals surface area contributed by atoms with Crippen LogP contribution in [0.4, 0.5) is 32.8 Å². The van der Waals surface area contributed by atoms with Crippen LogP contribution in [-0.2, 0) is 6.42 Å². The van der Waals surface area contributed by atoms with Crippen LogP contribution < -0.4 is 9.80 Å². The first kappa shape index (κ1) is 36.2. The minimum atomic E-state index is 0.180. The lowest BCUT2D eigenvalue weighted by Crippen LogP contribution is -2.14. The Bertz CT molecular complexity index is 2790. The van der Waals surface area contributed by atoms with E-state index in [2.05, 4.69) is 213 Å². The van der Waals surface area contributed by atoms with Gasteiger partial charge in [-0.2, -0.15) is 0 Å². The number of thiophene rings is 2. The molecule has 8 aromatic rings. The third-order valence-electron chi connectivity index (χ3n) is 11.6. The fourth-order valence-corrected chi connectivity index (χ4v) is 10.7. The third kappa shape index (κ3) is 6.62. The van der Waals surface area contributed by atoms with Gasteiger partial charge < -0.3 is 9.80 Å². The predicted octanol–water partition coefficient (Wildman–Crippen LogP) is 16.0. The van der Waals surface area contributed by atoms with E-state index < -0.39 is 0 Å². The summed E-state index contributed by atoms with van der Waals surface area (Å²) in [6, 6.07) is 56.4. The van der Waals surface area contributed by atoms with E-state index in [0.29, 0.717) is 0 Å². The maximum Gasteiger partial charge on any atom is 0.101 e. The molecule has 0 aliphatic heterocycles. The lowest BCUT2D eigenvalue weighted by molar-refractivity contribution is 0.959. The van der Waals surface area contributed by atoms with E-state index in [1.165, 1.54) is 92.0 Å². The van der Waals surface area contributed by atoms with E-state index in [-0.39, 0.29) is 5.92 Å². The fourth-order valence-electron chi connectivity index (χ4n) is 8.53. The number of anilines is 6. The van der Waals surface area contributed by atoms with E-state index >= 15 is 0 Å². The van der Waals surface area contributed by atoms with Gasteiger partial charge in [-0.15, -0.1) is 22.7 Å². The van der Waals surface area contributed by atoms with Crippen LogP contribution in [0.1, 0.15) is 44.2 Å². The Morgan fingerprint density at radius 2 is 0.948 bits per heavy atom. The zero-order chi connectivity index (χ0) is 39.3. The van der Waals surface area contributed by atoms with Crippen LogP contribution >= 0.6 is 22.7 Å². The first-order chi connectivity index (χ1) is 28.4. The van der Waals surface area contributed by atoms with Crippen LogP contribution in [0, 0.1) is 27.7 Å². The summed E-state index contributed by atoms with van der Waals surface area (Å²) in [5, 5.41) is 5.07. The van der Waals surface area contributed by atoms with E-state index in [4.69, 9.17) is 0 Å². The Kier molecular flexibility index (Phi) is 9.32. The van der Waals surface area contributed by atoms with E-state index in [9.17, 15) is 0 Å². The highest BCUT2D eigenvalue weighted by atomic mass is 32.1. The molecular formula is C54H44N2S2. The summed E-state index contributed by atoms with van der Waals surface area (Å²) in [6.45, 7) is 8.60. The van der Waals surface area contributed by atoms with Gasteiger partial charge in [0.1, 0.15) is 10.0 Å². The van der Waals surface area contributed by atoms with Crippen LogP contribution in [0.3, 0.4) is 0 Å². The van der Waals surface area contributed by atoms with Crippen LogP contribution in [0.15, 0.2) is 182 Å². The highest BCUT2D eigenvalue weighted by molar-refractivity contribution is 7.19. The van der Waals surface area contributed by atoms with Crippen molar-refractivity contribution in [1.82, 2.24) is 0 Å². The molecule has 0 amide bonds. The zero-order valence-corrected chi connectivity index (χ0v) is 34.9. The molecule has 2 nitrogen and oxygen atoms in total. The molecule has 1 unspecified atom stereocenters. The standard InChI is InChI=1S/C54H44N2S2/c1-35-13-21-39(22-14-35)55(40-23-15-36(2)16-24-40)53-31-29-51(57-53)49-33-47-44-10-6-8-12-46(44)50(34-48(47)43-9-5-7-11-45(43)49)52-30-32-54(58-52)56(41-25-17-37(3)18-26-41)42-27-19-38(4)20-28-42/h5-33,44H,34H2,1-4H3. The Balaban J connectivity index is 1.06. The molecule has 282 valence electrons. The average molecular weight is 785 g/mol. The third-order valence-corrected chi connectivity index (χ3v) is 13.8. The second kappa shape index (κ2) is 14.9. The maximum absolute atomic E-state index is 2.51. The number of benzene rings is 6. The Morgan fingerprint density at radius 1 is 0.483 bits per heavy atom. The second-order valence-corrected chi connectivity index (χ2v) is 17.8. The summed E-state index contributed by atoms with van der Waals surface area (Å²) >= 11 is 3.76. The number of allylic oxidation sites excluding steroid dienone is 6. The lowest BCUT2D eigenvalue weighted by atomic mass is 9.73. The van der Waals surface area contributed by atoms with Crippen LogP contribution in [-0.4, -0.2) is 0 Å². The number of fused-ring (bicyclic) bond motifs is 5. The molecule has 0 saturated heterocycles. The maximum atomic E-state index is 2.51. The number of aryl methyl sites for hydroxylation is 4.